The van der Waals surface area contributed by atoms with Crippen LogP contribution in [0.5, 0.6) is 0 Å². The first kappa shape index (κ1) is 12.9. The Morgan fingerprint density at radius 2 is 1.94 bits per heavy atom. The fourth-order valence-corrected chi connectivity index (χ4v) is 1.96. The van der Waals surface area contributed by atoms with Crippen LogP contribution in [0.1, 0.15) is 12.8 Å². The Balaban J connectivity index is 2.11. The van der Waals surface area contributed by atoms with E-state index in [1.807, 2.05) is 0 Å². The van der Waals surface area contributed by atoms with Crippen molar-refractivity contribution in [3.63, 3.8) is 0 Å². The molecule has 0 spiro atoms. The molecule has 0 bridgehead atoms. The summed E-state index contributed by atoms with van der Waals surface area (Å²) in [4.78, 5) is 11.8. The van der Waals surface area contributed by atoms with Crippen molar-refractivity contribution in [1.82, 2.24) is 5.32 Å². The lowest BCUT2D eigenvalue weighted by Crippen LogP contribution is -2.37. The summed E-state index contributed by atoms with van der Waals surface area (Å²) in [6.07, 6.45) is 1.51. The van der Waals surface area contributed by atoms with Gasteiger partial charge < -0.3 is 10.6 Å². The van der Waals surface area contributed by atoms with E-state index in [9.17, 15) is 18.0 Å². The number of carbonyl (C=O) groups excluding carboxylic acids is 1. The number of hydrogen-bond acceptors (Lipinski definition) is 2. The maximum atomic E-state index is 13.3. The van der Waals surface area contributed by atoms with Crippen molar-refractivity contribution in [3.8, 4) is 0 Å². The second-order valence-corrected chi connectivity index (χ2v) is 4.28. The van der Waals surface area contributed by atoms with E-state index in [0.717, 1.165) is 13.0 Å². The Kier molecular flexibility index (Phi) is 3.86. The van der Waals surface area contributed by atoms with Crippen LogP contribution in [0.2, 0.25) is 0 Å². The molecule has 1 fully saturated rings. The van der Waals surface area contributed by atoms with Gasteiger partial charge in [-0.25, -0.2) is 13.2 Å². The molecule has 2 rings (SSSR count). The number of benzene rings is 1. The summed E-state index contributed by atoms with van der Waals surface area (Å²) >= 11 is 0. The van der Waals surface area contributed by atoms with E-state index in [-0.39, 0.29) is 5.92 Å². The first-order chi connectivity index (χ1) is 8.58. The molecule has 6 heteroatoms. The van der Waals surface area contributed by atoms with E-state index in [2.05, 4.69) is 10.6 Å². The summed E-state index contributed by atoms with van der Waals surface area (Å²) in [6, 6.07) is 1.08. The lowest BCUT2D eigenvalue weighted by molar-refractivity contribution is -0.120. The average Bonchev–Trinajstić information content (AvgIpc) is 2.34. The maximum absolute atomic E-state index is 13.3. The summed E-state index contributed by atoms with van der Waals surface area (Å²) in [5, 5.41) is 5.21. The zero-order chi connectivity index (χ0) is 13.1. The van der Waals surface area contributed by atoms with Gasteiger partial charge in [0.05, 0.1) is 5.92 Å². The summed E-state index contributed by atoms with van der Waals surface area (Å²) in [6.45, 7) is 1.32. The zero-order valence-electron chi connectivity index (χ0n) is 9.60. The van der Waals surface area contributed by atoms with Crippen LogP contribution in [0, 0.1) is 23.4 Å². The number of halogens is 3. The van der Waals surface area contributed by atoms with Crippen LogP contribution in [0.15, 0.2) is 12.1 Å². The molecule has 2 N–H and O–H groups in total. The van der Waals surface area contributed by atoms with Gasteiger partial charge in [-0.3, -0.25) is 4.79 Å². The normalized spacial score (nSPS) is 19.6. The molecule has 18 heavy (non-hydrogen) atoms. The molecule has 98 valence electrons. The smallest absolute Gasteiger partial charge is 0.228 e. The van der Waals surface area contributed by atoms with Crippen molar-refractivity contribution >= 4 is 11.6 Å². The van der Waals surface area contributed by atoms with E-state index >= 15 is 0 Å². The molecule has 0 aromatic heterocycles. The molecule has 1 heterocycles. The Hall–Kier alpha value is -1.56. The second-order valence-electron chi connectivity index (χ2n) is 4.28. The molecular formula is C12H13F3N2O. The van der Waals surface area contributed by atoms with E-state index in [4.69, 9.17) is 0 Å². The third kappa shape index (κ3) is 2.81. The van der Waals surface area contributed by atoms with Gasteiger partial charge in [0.15, 0.2) is 11.6 Å². The van der Waals surface area contributed by atoms with Gasteiger partial charge in [-0.2, -0.15) is 0 Å². The quantitative estimate of drug-likeness (QED) is 0.852. The molecule has 1 aliphatic heterocycles. The van der Waals surface area contributed by atoms with Gasteiger partial charge in [0.1, 0.15) is 11.5 Å². The Bertz CT molecular complexity index is 436. The van der Waals surface area contributed by atoms with Crippen molar-refractivity contribution in [3.05, 3.63) is 29.6 Å². The topological polar surface area (TPSA) is 41.1 Å². The summed E-state index contributed by atoms with van der Waals surface area (Å²) < 4.78 is 39.4. The molecule has 1 amide bonds. The predicted octanol–water partition coefficient (Wildman–Crippen LogP) is 2.04. The number of hydrogen-bond donors (Lipinski definition) is 2. The van der Waals surface area contributed by atoms with E-state index in [0.29, 0.717) is 25.1 Å². The van der Waals surface area contributed by atoms with Crippen molar-refractivity contribution in [1.29, 1.82) is 0 Å². The van der Waals surface area contributed by atoms with E-state index < -0.39 is 29.0 Å². The molecule has 1 aliphatic rings. The first-order valence-corrected chi connectivity index (χ1v) is 5.74. The monoisotopic (exact) mass is 258 g/mol. The van der Waals surface area contributed by atoms with E-state index in [1.54, 1.807) is 0 Å². The molecular weight excluding hydrogens is 245 g/mol. The third-order valence-corrected chi connectivity index (χ3v) is 2.92. The van der Waals surface area contributed by atoms with Crippen molar-refractivity contribution in [2.75, 3.05) is 18.4 Å². The van der Waals surface area contributed by atoms with Crippen LogP contribution < -0.4 is 10.6 Å². The maximum Gasteiger partial charge on any atom is 0.228 e. The molecule has 0 aliphatic carbocycles. The molecule has 0 radical (unpaired) electrons. The van der Waals surface area contributed by atoms with Gasteiger partial charge in [0, 0.05) is 18.7 Å². The first-order valence-electron chi connectivity index (χ1n) is 5.74. The number of piperidine rings is 1. The van der Waals surface area contributed by atoms with Crippen molar-refractivity contribution in [2.45, 2.75) is 12.8 Å². The minimum Gasteiger partial charge on any atom is -0.321 e. The zero-order valence-corrected chi connectivity index (χ0v) is 9.60. The van der Waals surface area contributed by atoms with Crippen LogP contribution in [0.25, 0.3) is 0 Å². The molecule has 0 saturated carbocycles. The number of carbonyl (C=O) groups is 1. The Morgan fingerprint density at radius 1 is 1.28 bits per heavy atom. The predicted molar refractivity (Wildman–Crippen MR) is 60.5 cm³/mol. The van der Waals surface area contributed by atoms with Gasteiger partial charge in [0.25, 0.3) is 0 Å². The highest BCUT2D eigenvalue weighted by Gasteiger charge is 2.23. The minimum absolute atomic E-state index is 0.317. The average molecular weight is 258 g/mol. The van der Waals surface area contributed by atoms with Crippen LogP contribution in [-0.4, -0.2) is 19.0 Å². The number of nitrogens with one attached hydrogen (secondary N) is 2. The molecule has 1 saturated heterocycles. The minimum atomic E-state index is -1.11. The van der Waals surface area contributed by atoms with Gasteiger partial charge in [-0.1, -0.05) is 0 Å². The lowest BCUT2D eigenvalue weighted by Gasteiger charge is -2.22. The van der Waals surface area contributed by atoms with Crippen molar-refractivity contribution in [2.24, 2.45) is 5.92 Å². The van der Waals surface area contributed by atoms with Crippen LogP contribution >= 0.6 is 0 Å². The highest BCUT2D eigenvalue weighted by molar-refractivity contribution is 5.93. The van der Waals surface area contributed by atoms with Gasteiger partial charge in [0.2, 0.25) is 5.91 Å². The van der Waals surface area contributed by atoms with Gasteiger partial charge in [-0.15, -0.1) is 0 Å². The van der Waals surface area contributed by atoms with Crippen LogP contribution in [-0.2, 0) is 4.79 Å². The number of amides is 1. The molecule has 1 aromatic rings. The molecule has 1 atom stereocenters. The molecule has 3 nitrogen and oxygen atoms in total. The standard InChI is InChI=1S/C12H13F3N2O/c13-8-4-9(14)11(10(15)5-8)17-12(18)7-2-1-3-16-6-7/h4-5,7,16H,1-3,6H2,(H,17,18). The highest BCUT2D eigenvalue weighted by Crippen LogP contribution is 2.21. The fourth-order valence-electron chi connectivity index (χ4n) is 1.96. The number of anilines is 1. The summed E-state index contributed by atoms with van der Waals surface area (Å²) in [5.41, 5.74) is -0.591. The molecule has 1 aromatic carbocycles. The van der Waals surface area contributed by atoms with Crippen LogP contribution in [0.4, 0.5) is 18.9 Å². The Morgan fingerprint density at radius 3 is 2.50 bits per heavy atom. The highest BCUT2D eigenvalue weighted by atomic mass is 19.1. The summed E-state index contributed by atoms with van der Waals surface area (Å²) in [5.74, 6) is -3.99. The third-order valence-electron chi connectivity index (χ3n) is 2.92. The molecule has 1 unspecified atom stereocenters. The lowest BCUT2D eigenvalue weighted by atomic mass is 9.99. The Labute approximate surface area is 102 Å². The SMILES string of the molecule is O=C(Nc1c(F)cc(F)cc1F)C1CCCNC1. The van der Waals surface area contributed by atoms with Crippen LogP contribution in [0.3, 0.4) is 0 Å². The second kappa shape index (κ2) is 5.39. The van der Waals surface area contributed by atoms with E-state index in [1.165, 1.54) is 0 Å². The largest absolute Gasteiger partial charge is 0.321 e. The summed E-state index contributed by atoms with van der Waals surface area (Å²) in [7, 11) is 0. The fraction of sp³-hybridized carbons (Fsp3) is 0.417. The van der Waals surface area contributed by atoms with Crippen molar-refractivity contribution < 1.29 is 18.0 Å². The van der Waals surface area contributed by atoms with Gasteiger partial charge >= 0.3 is 0 Å². The number of rotatable bonds is 2. The van der Waals surface area contributed by atoms with Gasteiger partial charge in [-0.05, 0) is 19.4 Å².